The molecule has 0 aliphatic carbocycles. The van der Waals surface area contributed by atoms with Gasteiger partial charge in [0, 0.05) is 21.5 Å². The van der Waals surface area contributed by atoms with Gasteiger partial charge in [-0.1, -0.05) is 48.5 Å². The molecule has 4 heteroatoms. The Morgan fingerprint density at radius 1 is 0.356 bits per heavy atom. The Morgan fingerprint density at radius 2 is 0.778 bits per heavy atom. The van der Waals surface area contributed by atoms with Crippen LogP contribution in [0.25, 0.3) is 81.9 Å². The first-order valence-electron chi connectivity index (χ1n) is 14.7. The molecule has 9 aromatic rings. The summed E-state index contributed by atoms with van der Waals surface area (Å²) in [7, 11) is 0. The van der Waals surface area contributed by atoms with Crippen molar-refractivity contribution in [3.63, 3.8) is 0 Å². The molecule has 0 radical (unpaired) electrons. The normalized spacial score (nSPS) is 11.5. The predicted molar refractivity (Wildman–Crippen MR) is 181 cm³/mol. The van der Waals surface area contributed by atoms with Gasteiger partial charge < -0.3 is 4.40 Å². The standard InChI is InChI=1S/C41H20N4/c42-21-24-1-5-27(6-2-24)29-9-11-31-17-35-37-13-26(23-44)14-38-36-18-32-12-10-30(28-7-3-25(22-43)4-8-28)16-34(32)20-40(36)45(41(37)38)39(35)19-33(31)15-29/h1-20H. The van der Waals surface area contributed by atoms with Gasteiger partial charge in [0.25, 0.3) is 0 Å². The maximum absolute atomic E-state index is 9.99. The first-order chi connectivity index (χ1) is 22.1. The first kappa shape index (κ1) is 24.9. The second-order valence-corrected chi connectivity index (χ2v) is 11.6. The number of benzene rings is 7. The van der Waals surface area contributed by atoms with Crippen molar-refractivity contribution < 1.29 is 0 Å². The molecule has 0 aliphatic rings. The minimum Gasteiger partial charge on any atom is -0.308 e. The maximum Gasteiger partial charge on any atom is 0.0992 e. The van der Waals surface area contributed by atoms with E-state index in [1.165, 1.54) is 0 Å². The highest BCUT2D eigenvalue weighted by Gasteiger charge is 2.20. The van der Waals surface area contributed by atoms with E-state index >= 15 is 0 Å². The van der Waals surface area contributed by atoms with Crippen molar-refractivity contribution in [1.29, 1.82) is 15.8 Å². The number of fused-ring (bicyclic) bond motifs is 8. The Balaban J connectivity index is 1.33. The lowest BCUT2D eigenvalue weighted by molar-refractivity contribution is 1.38. The highest BCUT2D eigenvalue weighted by Crippen LogP contribution is 2.43. The number of hydrogen-bond acceptors (Lipinski definition) is 3. The predicted octanol–water partition coefficient (Wildman–Crippen LogP) is 10.1. The summed E-state index contributed by atoms with van der Waals surface area (Å²) in [5.74, 6) is 0. The van der Waals surface area contributed by atoms with E-state index in [0.717, 1.165) is 81.9 Å². The van der Waals surface area contributed by atoms with Gasteiger partial charge in [-0.25, -0.2) is 0 Å². The molecule has 0 atom stereocenters. The molecule has 0 spiro atoms. The Bertz CT molecular complexity index is 2630. The lowest BCUT2D eigenvalue weighted by atomic mass is 9.97. The fraction of sp³-hybridized carbons (Fsp3) is 0. The van der Waals surface area contributed by atoms with Crippen molar-refractivity contribution in [3.8, 4) is 40.5 Å². The van der Waals surface area contributed by atoms with Crippen LogP contribution >= 0.6 is 0 Å². The average Bonchev–Trinajstić information content (AvgIpc) is 3.59. The zero-order valence-electron chi connectivity index (χ0n) is 23.8. The lowest BCUT2D eigenvalue weighted by Crippen LogP contribution is -1.85. The molecule has 45 heavy (non-hydrogen) atoms. The van der Waals surface area contributed by atoms with Crippen molar-refractivity contribution in [2.24, 2.45) is 0 Å². The maximum atomic E-state index is 9.99. The molecule has 0 fully saturated rings. The van der Waals surface area contributed by atoms with E-state index in [1.54, 1.807) is 0 Å². The number of nitriles is 3. The van der Waals surface area contributed by atoms with Gasteiger partial charge in [0.05, 0.1) is 51.4 Å². The summed E-state index contributed by atoms with van der Waals surface area (Å²) >= 11 is 0. The summed E-state index contributed by atoms with van der Waals surface area (Å²) in [6.45, 7) is 0. The molecule has 0 saturated carbocycles. The monoisotopic (exact) mass is 568 g/mol. The second-order valence-electron chi connectivity index (χ2n) is 11.6. The smallest absolute Gasteiger partial charge is 0.0992 e. The van der Waals surface area contributed by atoms with Gasteiger partial charge in [-0.05, 0) is 117 Å². The fourth-order valence-corrected chi connectivity index (χ4v) is 6.93. The summed E-state index contributed by atoms with van der Waals surface area (Å²) in [4.78, 5) is 0. The van der Waals surface area contributed by atoms with E-state index in [9.17, 15) is 15.8 Å². The number of aromatic nitrogens is 1. The molecule has 4 nitrogen and oxygen atoms in total. The molecule has 0 amide bonds. The van der Waals surface area contributed by atoms with Gasteiger partial charge in [-0.15, -0.1) is 0 Å². The van der Waals surface area contributed by atoms with Crippen LogP contribution in [-0.4, -0.2) is 4.40 Å². The van der Waals surface area contributed by atoms with Crippen LogP contribution in [0.4, 0.5) is 0 Å². The van der Waals surface area contributed by atoms with E-state index in [1.807, 2.05) is 60.7 Å². The van der Waals surface area contributed by atoms with E-state index in [-0.39, 0.29) is 0 Å². The molecule has 0 unspecified atom stereocenters. The Kier molecular flexibility index (Phi) is 5.07. The van der Waals surface area contributed by atoms with Gasteiger partial charge in [0.2, 0.25) is 0 Å². The SMILES string of the molecule is N#Cc1ccc(-c2ccc3cc4c5cc(C#N)cc6c7cc8ccc(-c9ccc(C#N)cc9)cc8cc7n(c4cc3c2)c56)cc1. The van der Waals surface area contributed by atoms with Gasteiger partial charge in [0.15, 0.2) is 0 Å². The number of hydrogen-bond donors (Lipinski definition) is 0. The largest absolute Gasteiger partial charge is 0.308 e. The van der Waals surface area contributed by atoms with E-state index in [2.05, 4.69) is 83.3 Å². The third-order valence-corrected chi connectivity index (χ3v) is 9.13. The van der Waals surface area contributed by atoms with Crippen LogP contribution in [0.15, 0.2) is 121 Å². The molecule has 2 aromatic heterocycles. The molecule has 2 heterocycles. The number of rotatable bonds is 2. The van der Waals surface area contributed by atoms with Gasteiger partial charge in [0.1, 0.15) is 0 Å². The van der Waals surface area contributed by atoms with E-state index in [4.69, 9.17) is 0 Å². The molecular weight excluding hydrogens is 548 g/mol. The van der Waals surface area contributed by atoms with Crippen LogP contribution < -0.4 is 0 Å². The van der Waals surface area contributed by atoms with Crippen molar-refractivity contribution in [1.82, 2.24) is 4.40 Å². The van der Waals surface area contributed by atoms with E-state index < -0.39 is 0 Å². The zero-order chi connectivity index (χ0) is 30.2. The summed E-state index contributed by atoms with van der Waals surface area (Å²) in [6, 6.07) is 48.2. The zero-order valence-corrected chi connectivity index (χ0v) is 23.8. The summed E-state index contributed by atoms with van der Waals surface area (Å²) < 4.78 is 2.36. The minimum absolute atomic E-state index is 0.645. The highest BCUT2D eigenvalue weighted by molar-refractivity contribution is 6.26. The van der Waals surface area contributed by atoms with E-state index in [0.29, 0.717) is 16.7 Å². The van der Waals surface area contributed by atoms with Crippen LogP contribution in [0.2, 0.25) is 0 Å². The number of nitrogens with zero attached hydrogens (tertiary/aromatic N) is 4. The summed E-state index contributed by atoms with van der Waals surface area (Å²) in [6.07, 6.45) is 0. The fourth-order valence-electron chi connectivity index (χ4n) is 6.93. The molecule has 0 bridgehead atoms. The molecule has 0 saturated heterocycles. The average molecular weight is 569 g/mol. The Labute approximate surface area is 257 Å². The van der Waals surface area contributed by atoms with Crippen LogP contribution in [0, 0.1) is 34.0 Å². The quantitative estimate of drug-likeness (QED) is 0.208. The molecule has 9 rings (SSSR count). The van der Waals surface area contributed by atoms with Crippen LogP contribution in [0.1, 0.15) is 16.7 Å². The van der Waals surface area contributed by atoms with Crippen molar-refractivity contribution >= 4 is 59.6 Å². The summed E-state index contributed by atoms with van der Waals surface area (Å²) in [5.41, 5.74) is 9.60. The molecule has 0 aliphatic heterocycles. The Hall–Kier alpha value is -6.67. The Morgan fingerprint density at radius 3 is 1.20 bits per heavy atom. The molecule has 7 aromatic carbocycles. The third-order valence-electron chi connectivity index (χ3n) is 9.13. The molecule has 204 valence electrons. The summed E-state index contributed by atoms with van der Waals surface area (Å²) in [5, 5.41) is 37.4. The van der Waals surface area contributed by atoms with Gasteiger partial charge in [-0.3, -0.25) is 0 Å². The van der Waals surface area contributed by atoms with Crippen LogP contribution in [-0.2, 0) is 0 Å². The molecular formula is C41H20N4. The van der Waals surface area contributed by atoms with Crippen molar-refractivity contribution in [3.05, 3.63) is 138 Å². The van der Waals surface area contributed by atoms with Gasteiger partial charge in [-0.2, -0.15) is 15.8 Å². The first-order valence-corrected chi connectivity index (χ1v) is 14.7. The topological polar surface area (TPSA) is 75.8 Å². The second kappa shape index (κ2) is 9.16. The lowest BCUT2D eigenvalue weighted by Gasteiger charge is -2.07. The minimum atomic E-state index is 0.645. The third kappa shape index (κ3) is 3.63. The van der Waals surface area contributed by atoms with Crippen molar-refractivity contribution in [2.45, 2.75) is 0 Å². The van der Waals surface area contributed by atoms with Gasteiger partial charge >= 0.3 is 0 Å². The molecule has 0 N–H and O–H groups in total. The highest BCUT2D eigenvalue weighted by atomic mass is 14.9. The van der Waals surface area contributed by atoms with Crippen LogP contribution in [0.3, 0.4) is 0 Å². The van der Waals surface area contributed by atoms with Crippen molar-refractivity contribution in [2.75, 3.05) is 0 Å². The van der Waals surface area contributed by atoms with Crippen LogP contribution in [0.5, 0.6) is 0 Å².